The maximum absolute atomic E-state index is 12.9. The van der Waals surface area contributed by atoms with Gasteiger partial charge in [-0.15, -0.1) is 0 Å². The normalized spacial score (nSPS) is 18.1. The van der Waals surface area contributed by atoms with Crippen molar-refractivity contribution in [1.29, 1.82) is 0 Å². The molecule has 1 fully saturated rings. The fourth-order valence-electron chi connectivity index (χ4n) is 3.92. The number of Topliss-reactive ketones (excluding diaryl/α,β-unsaturated/α-hetero) is 1. The van der Waals surface area contributed by atoms with Gasteiger partial charge in [0.25, 0.3) is 5.91 Å². The lowest BCUT2D eigenvalue weighted by Gasteiger charge is -2.26. The molecule has 0 unspecified atom stereocenters. The van der Waals surface area contributed by atoms with Crippen LogP contribution in [0.15, 0.2) is 42.5 Å². The van der Waals surface area contributed by atoms with Crippen molar-refractivity contribution in [2.45, 2.75) is 50.8 Å². The molecule has 0 saturated heterocycles. The number of hydrogen-bond donors (Lipinski definition) is 2. The number of aliphatic carboxylic acids is 1. The van der Waals surface area contributed by atoms with Crippen molar-refractivity contribution >= 4 is 29.3 Å². The number of hydrogen-bond acceptors (Lipinski definition) is 4. The van der Waals surface area contributed by atoms with Crippen LogP contribution in [0.2, 0.25) is 5.02 Å². The van der Waals surface area contributed by atoms with Crippen molar-refractivity contribution in [3.8, 4) is 5.75 Å². The number of halogens is 4. The first-order chi connectivity index (χ1) is 16.5. The Morgan fingerprint density at radius 1 is 1.00 bits per heavy atom. The van der Waals surface area contributed by atoms with Crippen LogP contribution in [0.25, 0.3) is 0 Å². The lowest BCUT2D eigenvalue weighted by molar-refractivity contribution is -0.143. The molecule has 10 heteroatoms. The van der Waals surface area contributed by atoms with Crippen molar-refractivity contribution in [1.82, 2.24) is 5.32 Å². The number of carboxylic acid groups (broad SMARTS) is 1. The number of carbonyl (C=O) groups is 3. The third-order valence-corrected chi connectivity index (χ3v) is 6.07. The first kappa shape index (κ1) is 26.5. The van der Waals surface area contributed by atoms with Crippen LogP contribution in [-0.4, -0.2) is 35.4 Å². The Morgan fingerprint density at radius 3 is 2.26 bits per heavy atom. The molecule has 1 saturated carbocycles. The number of ether oxygens (including phenoxy) is 1. The smallest absolute Gasteiger partial charge is 0.416 e. The molecule has 3 rings (SSSR count). The van der Waals surface area contributed by atoms with Crippen LogP contribution in [-0.2, 0) is 11.0 Å². The highest BCUT2D eigenvalue weighted by Gasteiger charge is 2.31. The van der Waals surface area contributed by atoms with Gasteiger partial charge in [-0.05, 0) is 74.6 Å². The molecule has 6 nitrogen and oxygen atoms in total. The Morgan fingerprint density at radius 2 is 1.66 bits per heavy atom. The number of ketones is 1. The summed E-state index contributed by atoms with van der Waals surface area (Å²) in [5, 5.41) is 11.4. The van der Waals surface area contributed by atoms with E-state index in [0.717, 1.165) is 18.2 Å². The fraction of sp³-hybridized carbons (Fsp3) is 0.400. The van der Waals surface area contributed by atoms with Crippen LogP contribution >= 0.6 is 11.6 Å². The van der Waals surface area contributed by atoms with Gasteiger partial charge in [-0.1, -0.05) is 11.6 Å². The van der Waals surface area contributed by atoms with Gasteiger partial charge in [0.05, 0.1) is 17.6 Å². The molecule has 0 heterocycles. The van der Waals surface area contributed by atoms with E-state index < -0.39 is 23.6 Å². The van der Waals surface area contributed by atoms with E-state index in [-0.39, 0.29) is 41.4 Å². The van der Waals surface area contributed by atoms with Crippen LogP contribution in [0.4, 0.5) is 13.2 Å². The van der Waals surface area contributed by atoms with Crippen molar-refractivity contribution in [3.63, 3.8) is 0 Å². The molecule has 2 aromatic rings. The van der Waals surface area contributed by atoms with E-state index in [1.807, 2.05) is 0 Å². The highest BCUT2D eigenvalue weighted by molar-refractivity contribution is 6.31. The highest BCUT2D eigenvalue weighted by atomic mass is 35.5. The predicted octanol–water partition coefficient (Wildman–Crippen LogP) is 5.77. The zero-order valence-electron chi connectivity index (χ0n) is 18.7. The summed E-state index contributed by atoms with van der Waals surface area (Å²) in [6.07, 6.45) is -1.74. The zero-order valence-corrected chi connectivity index (χ0v) is 19.5. The van der Waals surface area contributed by atoms with Crippen molar-refractivity contribution < 1.29 is 37.4 Å². The molecule has 0 aromatic heterocycles. The average molecular weight is 512 g/mol. The molecular weight excluding hydrogens is 487 g/mol. The minimum absolute atomic E-state index is 0.0533. The van der Waals surface area contributed by atoms with E-state index in [2.05, 4.69) is 5.32 Å². The predicted molar refractivity (Wildman–Crippen MR) is 123 cm³/mol. The summed E-state index contributed by atoms with van der Waals surface area (Å²) in [5.74, 6) is -1.33. The molecule has 0 atom stereocenters. The molecule has 1 aliphatic rings. The zero-order chi connectivity index (χ0) is 25.6. The van der Waals surface area contributed by atoms with Gasteiger partial charge in [-0.25, -0.2) is 0 Å². The molecule has 2 N–H and O–H groups in total. The SMILES string of the molecule is O=C(CCCNC(=O)c1cc(Cl)cc(C(F)(F)F)c1)c1ccc(OC2CCC(C(=O)O)CC2)cc1. The van der Waals surface area contributed by atoms with Crippen LogP contribution in [0.5, 0.6) is 5.75 Å². The highest BCUT2D eigenvalue weighted by Crippen LogP contribution is 2.32. The first-order valence-corrected chi connectivity index (χ1v) is 11.6. The van der Waals surface area contributed by atoms with E-state index in [9.17, 15) is 27.6 Å². The first-order valence-electron chi connectivity index (χ1n) is 11.2. The standard InChI is InChI=1S/C25H25ClF3NO5/c26-19-13-17(12-18(14-19)25(27,28)29)23(32)30-11-1-2-22(31)15-3-7-20(8-4-15)35-21-9-5-16(6-10-21)24(33)34/h3-4,7-8,12-14,16,21H,1-2,5-6,9-11H2,(H,30,32)(H,33,34). The third kappa shape index (κ3) is 7.71. The molecule has 0 spiro atoms. The molecule has 1 aliphatic carbocycles. The summed E-state index contributed by atoms with van der Waals surface area (Å²) in [6, 6.07) is 9.29. The summed E-state index contributed by atoms with van der Waals surface area (Å²) in [4.78, 5) is 35.6. The third-order valence-electron chi connectivity index (χ3n) is 5.86. The Kier molecular flexibility index (Phi) is 8.77. The summed E-state index contributed by atoms with van der Waals surface area (Å²) < 4.78 is 44.6. The number of carbonyl (C=O) groups excluding carboxylic acids is 2. The molecule has 1 amide bonds. The van der Waals surface area contributed by atoms with E-state index in [1.54, 1.807) is 24.3 Å². The second-order valence-corrected chi connectivity index (χ2v) is 8.90. The van der Waals surface area contributed by atoms with Gasteiger partial charge in [0.2, 0.25) is 0 Å². The monoisotopic (exact) mass is 511 g/mol. The Balaban J connectivity index is 1.43. The maximum atomic E-state index is 12.9. The number of benzene rings is 2. The van der Waals surface area contributed by atoms with Gasteiger partial charge in [0.1, 0.15) is 5.75 Å². The van der Waals surface area contributed by atoms with Gasteiger partial charge in [0.15, 0.2) is 5.78 Å². The van der Waals surface area contributed by atoms with Crippen LogP contribution < -0.4 is 10.1 Å². The number of rotatable bonds is 9. The molecular formula is C25H25ClF3NO5. The number of carboxylic acids is 1. The van der Waals surface area contributed by atoms with Gasteiger partial charge in [-0.3, -0.25) is 14.4 Å². The molecule has 0 bridgehead atoms. The molecule has 0 aliphatic heterocycles. The van der Waals surface area contributed by atoms with Crippen molar-refractivity contribution in [3.05, 3.63) is 64.2 Å². The second kappa shape index (κ2) is 11.6. The molecule has 0 radical (unpaired) electrons. The summed E-state index contributed by atoms with van der Waals surface area (Å²) >= 11 is 5.70. The van der Waals surface area contributed by atoms with E-state index in [1.165, 1.54) is 0 Å². The number of alkyl halides is 3. The number of nitrogens with one attached hydrogen (secondary N) is 1. The van der Waals surface area contributed by atoms with Crippen LogP contribution in [0.3, 0.4) is 0 Å². The fourth-order valence-corrected chi connectivity index (χ4v) is 4.16. The van der Waals surface area contributed by atoms with Gasteiger partial charge < -0.3 is 15.2 Å². The molecule has 188 valence electrons. The quantitative estimate of drug-likeness (QED) is 0.329. The number of amides is 1. The Hall–Kier alpha value is -3.07. The summed E-state index contributed by atoms with van der Waals surface area (Å²) in [6.45, 7) is 0.110. The van der Waals surface area contributed by atoms with E-state index in [0.29, 0.717) is 43.4 Å². The van der Waals surface area contributed by atoms with E-state index in [4.69, 9.17) is 21.4 Å². The van der Waals surface area contributed by atoms with Crippen LogP contribution in [0.1, 0.15) is 64.8 Å². The van der Waals surface area contributed by atoms with Gasteiger partial charge in [0, 0.05) is 29.1 Å². The second-order valence-electron chi connectivity index (χ2n) is 8.46. The molecule has 2 aromatic carbocycles. The minimum atomic E-state index is -4.62. The van der Waals surface area contributed by atoms with Gasteiger partial charge in [-0.2, -0.15) is 13.2 Å². The average Bonchev–Trinajstić information content (AvgIpc) is 2.81. The Bertz CT molecular complexity index is 1060. The lowest BCUT2D eigenvalue weighted by atomic mass is 9.87. The Labute approximate surface area is 205 Å². The molecule has 35 heavy (non-hydrogen) atoms. The van der Waals surface area contributed by atoms with Crippen LogP contribution in [0, 0.1) is 5.92 Å². The van der Waals surface area contributed by atoms with E-state index >= 15 is 0 Å². The summed E-state index contributed by atoms with van der Waals surface area (Å²) in [5.41, 5.74) is -0.739. The minimum Gasteiger partial charge on any atom is -0.490 e. The van der Waals surface area contributed by atoms with Crippen molar-refractivity contribution in [2.24, 2.45) is 5.92 Å². The topological polar surface area (TPSA) is 92.7 Å². The van der Waals surface area contributed by atoms with Gasteiger partial charge >= 0.3 is 12.1 Å². The maximum Gasteiger partial charge on any atom is 0.416 e. The lowest BCUT2D eigenvalue weighted by Crippen LogP contribution is -2.27. The summed E-state index contributed by atoms with van der Waals surface area (Å²) in [7, 11) is 0. The largest absolute Gasteiger partial charge is 0.490 e. The van der Waals surface area contributed by atoms with Crippen molar-refractivity contribution in [2.75, 3.05) is 6.54 Å².